The minimum Gasteiger partial charge on any atom is -0.444 e. The van der Waals surface area contributed by atoms with Gasteiger partial charge in [0.05, 0.1) is 0 Å². The number of carbonyl (C=O) groups excluding carboxylic acids is 3. The van der Waals surface area contributed by atoms with Crippen LogP contribution in [-0.2, 0) is 20.7 Å². The SMILES string of the molecule is CC(C)(C)OC(=O)NCC1CCC(C(=O)N(c2ccc(-c3nn[nH]n3)cc2)C(Cc2ccc(Br)cc2)C(N)=O)CC1. The third-order valence-electron chi connectivity index (χ3n) is 7.10. The largest absolute Gasteiger partial charge is 0.444 e. The van der Waals surface area contributed by atoms with E-state index in [9.17, 15) is 14.4 Å². The van der Waals surface area contributed by atoms with Crippen LogP contribution in [0.3, 0.4) is 0 Å². The molecule has 0 saturated heterocycles. The van der Waals surface area contributed by atoms with Gasteiger partial charge >= 0.3 is 6.09 Å². The summed E-state index contributed by atoms with van der Waals surface area (Å²) in [4.78, 5) is 40.6. The Morgan fingerprint density at radius 3 is 2.29 bits per heavy atom. The van der Waals surface area contributed by atoms with Crippen molar-refractivity contribution >= 4 is 39.5 Å². The monoisotopic (exact) mass is 625 g/mol. The van der Waals surface area contributed by atoms with E-state index in [1.54, 1.807) is 29.2 Å². The maximum atomic E-state index is 14.1. The molecule has 1 heterocycles. The zero-order chi connectivity index (χ0) is 29.6. The van der Waals surface area contributed by atoms with Gasteiger partial charge in [-0.2, -0.15) is 5.21 Å². The molecule has 1 aliphatic carbocycles. The fraction of sp³-hybridized carbons (Fsp3) is 0.448. The first kappa shape index (κ1) is 30.2. The molecule has 3 amide bonds. The number of primary amides is 1. The second-order valence-electron chi connectivity index (χ2n) is 11.3. The zero-order valence-corrected chi connectivity index (χ0v) is 25.1. The van der Waals surface area contributed by atoms with Crippen LogP contribution >= 0.6 is 15.9 Å². The predicted molar refractivity (Wildman–Crippen MR) is 158 cm³/mol. The maximum Gasteiger partial charge on any atom is 0.407 e. The molecular weight excluding hydrogens is 590 g/mol. The molecular formula is C29H36BrN7O4. The van der Waals surface area contributed by atoms with Crippen molar-refractivity contribution in [3.63, 3.8) is 0 Å². The summed E-state index contributed by atoms with van der Waals surface area (Å²) in [5.41, 5.74) is 7.54. The van der Waals surface area contributed by atoms with Gasteiger partial charge in [0.2, 0.25) is 17.6 Å². The topological polar surface area (TPSA) is 156 Å². The number of aromatic nitrogens is 4. The molecule has 11 nitrogen and oxygen atoms in total. The van der Waals surface area contributed by atoms with Crippen molar-refractivity contribution in [3.8, 4) is 11.4 Å². The van der Waals surface area contributed by atoms with Crippen molar-refractivity contribution in [1.29, 1.82) is 0 Å². The van der Waals surface area contributed by atoms with Gasteiger partial charge in [0.15, 0.2) is 0 Å². The van der Waals surface area contributed by atoms with E-state index < -0.39 is 23.6 Å². The molecule has 0 radical (unpaired) electrons. The number of anilines is 1. The first-order valence-corrected chi connectivity index (χ1v) is 14.5. The number of hydrogen-bond donors (Lipinski definition) is 3. The lowest BCUT2D eigenvalue weighted by molar-refractivity contribution is -0.127. The molecule has 41 heavy (non-hydrogen) atoms. The van der Waals surface area contributed by atoms with Gasteiger partial charge < -0.3 is 15.8 Å². The molecule has 1 aromatic heterocycles. The van der Waals surface area contributed by atoms with Crippen LogP contribution in [0.4, 0.5) is 10.5 Å². The van der Waals surface area contributed by atoms with E-state index in [-0.39, 0.29) is 24.2 Å². The third-order valence-corrected chi connectivity index (χ3v) is 7.63. The molecule has 1 aliphatic rings. The molecule has 12 heteroatoms. The molecule has 218 valence electrons. The average molecular weight is 627 g/mol. The highest BCUT2D eigenvalue weighted by Crippen LogP contribution is 2.33. The number of halogens is 1. The minimum atomic E-state index is -0.883. The van der Waals surface area contributed by atoms with Crippen molar-refractivity contribution in [2.75, 3.05) is 11.4 Å². The summed E-state index contributed by atoms with van der Waals surface area (Å²) >= 11 is 3.44. The number of H-pyrrole nitrogens is 1. The van der Waals surface area contributed by atoms with Crippen LogP contribution < -0.4 is 16.0 Å². The standard InChI is InChI=1S/C29H36BrN7O4/c1-29(2,3)41-28(40)32-17-19-4-8-21(9-5-19)27(39)37(23-14-10-20(11-15-23)26-33-35-36-34-26)24(25(31)38)16-18-6-12-22(30)13-7-18/h6-7,10-15,19,21,24H,4-5,8-9,16-17H2,1-3H3,(H2,31,38)(H,32,40)(H,33,34,35,36). The highest BCUT2D eigenvalue weighted by molar-refractivity contribution is 9.10. The van der Waals surface area contributed by atoms with Crippen LogP contribution in [0, 0.1) is 11.8 Å². The Kier molecular flexibility index (Phi) is 9.74. The Bertz CT molecular complexity index is 1320. The number of rotatable bonds is 9. The number of hydrogen-bond acceptors (Lipinski definition) is 7. The summed E-state index contributed by atoms with van der Waals surface area (Å²) in [6, 6.07) is 13.9. The number of amides is 3. The number of tetrazole rings is 1. The number of ether oxygens (including phenoxy) is 1. The zero-order valence-electron chi connectivity index (χ0n) is 23.5. The van der Waals surface area contributed by atoms with Crippen molar-refractivity contribution in [1.82, 2.24) is 25.9 Å². The van der Waals surface area contributed by atoms with Crippen LogP contribution in [0.1, 0.15) is 52.0 Å². The summed E-state index contributed by atoms with van der Waals surface area (Å²) in [5.74, 6) is -0.343. The Morgan fingerprint density at radius 1 is 1.07 bits per heavy atom. The van der Waals surface area contributed by atoms with Gasteiger partial charge in [0, 0.05) is 34.6 Å². The third kappa shape index (κ3) is 8.35. The number of nitrogens with two attached hydrogens (primary N) is 1. The minimum absolute atomic E-state index is 0.142. The summed E-state index contributed by atoms with van der Waals surface area (Å²) in [5, 5.41) is 16.9. The number of benzene rings is 2. The molecule has 1 atom stereocenters. The number of carbonyl (C=O) groups is 3. The van der Waals surface area contributed by atoms with Gasteiger partial charge in [0.1, 0.15) is 11.6 Å². The summed E-state index contributed by atoms with van der Waals surface area (Å²) < 4.78 is 6.25. The Labute approximate surface area is 247 Å². The second-order valence-corrected chi connectivity index (χ2v) is 12.3. The number of alkyl carbamates (subject to hydrolysis) is 1. The van der Waals surface area contributed by atoms with Crippen LogP contribution in [0.2, 0.25) is 0 Å². The summed E-state index contributed by atoms with van der Waals surface area (Å²) in [6.07, 6.45) is 2.65. The van der Waals surface area contributed by atoms with Crippen LogP contribution in [0.15, 0.2) is 53.0 Å². The number of nitrogens with zero attached hydrogens (tertiary/aromatic N) is 4. The molecule has 4 N–H and O–H groups in total. The lowest BCUT2D eigenvalue weighted by atomic mass is 9.81. The molecule has 0 spiro atoms. The molecule has 4 rings (SSSR count). The van der Waals surface area contributed by atoms with Gasteiger partial charge in [-0.3, -0.25) is 14.5 Å². The predicted octanol–water partition coefficient (Wildman–Crippen LogP) is 4.39. The van der Waals surface area contributed by atoms with Crippen molar-refractivity contribution in [2.45, 2.75) is 64.5 Å². The fourth-order valence-electron chi connectivity index (χ4n) is 5.03. The highest BCUT2D eigenvalue weighted by Gasteiger charge is 2.36. The van der Waals surface area contributed by atoms with Gasteiger partial charge in [-0.05, 0) is 99.5 Å². The fourth-order valence-corrected chi connectivity index (χ4v) is 5.30. The lowest BCUT2D eigenvalue weighted by Gasteiger charge is -2.36. The van der Waals surface area contributed by atoms with Gasteiger partial charge in [-0.25, -0.2) is 4.79 Å². The van der Waals surface area contributed by atoms with E-state index in [0.29, 0.717) is 30.9 Å². The van der Waals surface area contributed by atoms with E-state index in [1.807, 2.05) is 45.0 Å². The van der Waals surface area contributed by atoms with E-state index in [4.69, 9.17) is 10.5 Å². The molecule has 0 aliphatic heterocycles. The Hall–Kier alpha value is -3.80. The van der Waals surface area contributed by atoms with E-state index in [1.165, 1.54) is 0 Å². The van der Waals surface area contributed by atoms with Crippen LogP contribution in [-0.4, -0.2) is 56.7 Å². The number of aromatic amines is 1. The van der Waals surface area contributed by atoms with E-state index in [0.717, 1.165) is 28.4 Å². The van der Waals surface area contributed by atoms with E-state index in [2.05, 4.69) is 41.9 Å². The smallest absolute Gasteiger partial charge is 0.407 e. The quantitative estimate of drug-likeness (QED) is 0.318. The molecule has 1 fully saturated rings. The highest BCUT2D eigenvalue weighted by atomic mass is 79.9. The van der Waals surface area contributed by atoms with Crippen molar-refractivity contribution in [3.05, 3.63) is 58.6 Å². The average Bonchev–Trinajstić information content (AvgIpc) is 3.47. The van der Waals surface area contributed by atoms with Gasteiger partial charge in [-0.1, -0.05) is 28.1 Å². The maximum absolute atomic E-state index is 14.1. The molecule has 0 bridgehead atoms. The first-order chi connectivity index (χ1) is 19.5. The summed E-state index contributed by atoms with van der Waals surface area (Å²) in [7, 11) is 0. The Balaban J connectivity index is 1.51. The summed E-state index contributed by atoms with van der Waals surface area (Å²) in [6.45, 7) is 5.96. The van der Waals surface area contributed by atoms with Crippen LogP contribution in [0.25, 0.3) is 11.4 Å². The normalized spacial score (nSPS) is 17.9. The Morgan fingerprint density at radius 2 is 1.73 bits per heavy atom. The first-order valence-electron chi connectivity index (χ1n) is 13.7. The van der Waals surface area contributed by atoms with E-state index >= 15 is 0 Å². The second kappa shape index (κ2) is 13.2. The molecule has 1 saturated carbocycles. The number of nitrogens with one attached hydrogen (secondary N) is 2. The van der Waals surface area contributed by atoms with Gasteiger partial charge in [-0.15, -0.1) is 10.2 Å². The molecule has 3 aromatic rings. The molecule has 1 unspecified atom stereocenters. The van der Waals surface area contributed by atoms with Gasteiger partial charge in [0.25, 0.3) is 0 Å². The lowest BCUT2D eigenvalue weighted by Crippen LogP contribution is -2.52. The van der Waals surface area contributed by atoms with Crippen LogP contribution in [0.5, 0.6) is 0 Å². The van der Waals surface area contributed by atoms with Crippen molar-refractivity contribution in [2.24, 2.45) is 17.6 Å². The van der Waals surface area contributed by atoms with Crippen molar-refractivity contribution < 1.29 is 19.1 Å². The molecule has 2 aromatic carbocycles.